The predicted octanol–water partition coefficient (Wildman–Crippen LogP) is 5.21. The highest BCUT2D eigenvalue weighted by atomic mass is 16.5. The van der Waals surface area contributed by atoms with Gasteiger partial charge < -0.3 is 33.1 Å². The second-order valence-corrected chi connectivity index (χ2v) is 11.8. The Kier molecular flexibility index (Phi) is 7.77. The molecule has 4 rings (SSSR count). The number of aromatic nitrogens is 2. The third-order valence-corrected chi connectivity index (χ3v) is 6.21. The van der Waals surface area contributed by atoms with Gasteiger partial charge in [0.1, 0.15) is 36.0 Å². The van der Waals surface area contributed by atoms with Crippen LogP contribution in [0.25, 0.3) is 21.8 Å². The Morgan fingerprint density at radius 1 is 0.667 bits per heavy atom. The molecule has 0 aliphatic carbocycles. The normalized spacial score (nSPS) is 12.2. The Labute approximate surface area is 229 Å². The number of rotatable bonds is 10. The fourth-order valence-corrected chi connectivity index (χ4v) is 4.75. The standard InChI is InChI=1S/C30H38N4O5/c1-9-37-29(35)27-23(17-33(3,4)5)21-15-19(11-13-25(21)31-27)39-20-12-14-26-22(16-20)24(18-34(6,7)8)28(32-26)30(36)38-10-2/h11-16H,9-10,17-18H2,1-8H3/p+2. The van der Waals surface area contributed by atoms with E-state index in [1.165, 1.54) is 0 Å². The van der Waals surface area contributed by atoms with Crippen LogP contribution in [0.5, 0.6) is 11.5 Å². The third kappa shape index (κ3) is 6.43. The number of carbonyl (C=O) groups excluding carboxylic acids is 2. The number of hydrogen-bond acceptors (Lipinski definition) is 5. The maximum Gasteiger partial charge on any atom is 0.355 e. The van der Waals surface area contributed by atoms with Gasteiger partial charge in [-0.3, -0.25) is 0 Å². The molecule has 0 saturated heterocycles. The molecule has 0 atom stereocenters. The number of H-pyrrole nitrogens is 2. The van der Waals surface area contributed by atoms with E-state index in [9.17, 15) is 9.59 Å². The molecule has 0 unspecified atom stereocenters. The molecule has 2 heterocycles. The van der Waals surface area contributed by atoms with Crippen molar-refractivity contribution >= 4 is 33.7 Å². The predicted molar refractivity (Wildman–Crippen MR) is 152 cm³/mol. The van der Waals surface area contributed by atoms with E-state index in [0.29, 0.717) is 58.2 Å². The lowest BCUT2D eigenvalue weighted by Crippen LogP contribution is -2.34. The highest BCUT2D eigenvalue weighted by Gasteiger charge is 2.25. The Morgan fingerprint density at radius 3 is 1.38 bits per heavy atom. The van der Waals surface area contributed by atoms with E-state index in [0.717, 1.165) is 32.9 Å². The van der Waals surface area contributed by atoms with Gasteiger partial charge in [0.2, 0.25) is 0 Å². The van der Waals surface area contributed by atoms with Crippen molar-refractivity contribution in [1.82, 2.24) is 9.97 Å². The summed E-state index contributed by atoms with van der Waals surface area (Å²) in [6.45, 7) is 5.49. The average Bonchev–Trinajstić information content (AvgIpc) is 3.35. The molecule has 0 saturated carbocycles. The maximum absolute atomic E-state index is 12.7. The van der Waals surface area contributed by atoms with E-state index in [1.807, 2.05) is 36.4 Å². The third-order valence-electron chi connectivity index (χ3n) is 6.21. The second kappa shape index (κ2) is 10.7. The van der Waals surface area contributed by atoms with Crippen molar-refractivity contribution in [3.63, 3.8) is 0 Å². The van der Waals surface area contributed by atoms with Crippen LogP contribution in [0.4, 0.5) is 0 Å². The minimum Gasteiger partial charge on any atom is -0.461 e. The number of carbonyl (C=O) groups is 2. The zero-order valence-electron chi connectivity index (χ0n) is 24.2. The molecule has 2 aromatic carbocycles. The fourth-order valence-electron chi connectivity index (χ4n) is 4.75. The lowest BCUT2D eigenvalue weighted by atomic mass is 10.1. The molecule has 9 heteroatoms. The SMILES string of the molecule is CCOC(=O)c1[nH]c2ccc(Oc3ccc4[nH]c(C(=O)OCC)c(C[N+](C)(C)C)c4c3)cc2c1C[N+](C)(C)C. The number of nitrogens with zero attached hydrogens (tertiary/aromatic N) is 2. The molecular formula is C30H40N4O5+2. The van der Waals surface area contributed by atoms with Crippen molar-refractivity contribution in [3.05, 3.63) is 58.9 Å². The van der Waals surface area contributed by atoms with Crippen molar-refractivity contribution in [2.24, 2.45) is 0 Å². The maximum atomic E-state index is 12.7. The van der Waals surface area contributed by atoms with E-state index < -0.39 is 0 Å². The van der Waals surface area contributed by atoms with Gasteiger partial charge in [0.15, 0.2) is 0 Å². The first-order chi connectivity index (χ1) is 18.3. The van der Waals surface area contributed by atoms with Gasteiger partial charge in [-0.05, 0) is 50.2 Å². The Bertz CT molecular complexity index is 1400. The number of esters is 2. The molecule has 9 nitrogen and oxygen atoms in total. The minimum absolute atomic E-state index is 0.308. The quantitative estimate of drug-likeness (QED) is 0.214. The zero-order chi connectivity index (χ0) is 28.5. The fraction of sp³-hybridized carbons (Fsp3) is 0.400. The first-order valence-electron chi connectivity index (χ1n) is 13.2. The molecular weight excluding hydrogens is 496 g/mol. The molecule has 0 spiro atoms. The highest BCUT2D eigenvalue weighted by molar-refractivity contribution is 5.99. The summed E-state index contributed by atoms with van der Waals surface area (Å²) in [4.78, 5) is 31.9. The number of ether oxygens (including phenoxy) is 3. The number of quaternary nitrogens is 2. The first kappa shape index (κ1) is 28.2. The summed E-state index contributed by atoms with van der Waals surface area (Å²) in [5.41, 5.74) is 4.43. The Morgan fingerprint density at radius 2 is 1.05 bits per heavy atom. The van der Waals surface area contributed by atoms with Crippen LogP contribution < -0.4 is 4.74 Å². The van der Waals surface area contributed by atoms with Gasteiger partial charge in [-0.2, -0.15) is 0 Å². The summed E-state index contributed by atoms with van der Waals surface area (Å²) in [5.74, 6) is 0.570. The Balaban J connectivity index is 1.75. The van der Waals surface area contributed by atoms with Crippen LogP contribution >= 0.6 is 0 Å². The summed E-state index contributed by atoms with van der Waals surface area (Å²) in [6.07, 6.45) is 0. The van der Waals surface area contributed by atoms with Crippen molar-refractivity contribution in [2.45, 2.75) is 26.9 Å². The van der Waals surface area contributed by atoms with Crippen LogP contribution in [0.2, 0.25) is 0 Å². The van der Waals surface area contributed by atoms with E-state index in [-0.39, 0.29) is 11.9 Å². The van der Waals surface area contributed by atoms with Crippen molar-refractivity contribution in [1.29, 1.82) is 0 Å². The van der Waals surface area contributed by atoms with E-state index in [1.54, 1.807) is 13.8 Å². The lowest BCUT2D eigenvalue weighted by molar-refractivity contribution is -0.883. The molecule has 0 aliphatic rings. The summed E-state index contributed by atoms with van der Waals surface area (Å²) in [5, 5.41) is 1.84. The van der Waals surface area contributed by atoms with E-state index in [2.05, 4.69) is 52.3 Å². The van der Waals surface area contributed by atoms with Crippen LogP contribution in [-0.4, -0.2) is 86.4 Å². The summed E-state index contributed by atoms with van der Waals surface area (Å²) >= 11 is 0. The molecule has 0 aliphatic heterocycles. The van der Waals surface area contributed by atoms with Crippen LogP contribution in [0.1, 0.15) is 46.0 Å². The summed E-state index contributed by atoms with van der Waals surface area (Å²) in [7, 11) is 12.5. The molecule has 4 aromatic rings. The lowest BCUT2D eigenvalue weighted by Gasteiger charge is -2.24. The molecule has 0 bridgehead atoms. The van der Waals surface area contributed by atoms with Gasteiger partial charge in [-0.15, -0.1) is 0 Å². The molecule has 0 fully saturated rings. The number of fused-ring (bicyclic) bond motifs is 2. The number of nitrogens with one attached hydrogen (secondary N) is 2. The summed E-state index contributed by atoms with van der Waals surface area (Å²) < 4.78 is 18.2. The number of benzene rings is 2. The van der Waals surface area contributed by atoms with Crippen molar-refractivity contribution < 1.29 is 32.8 Å². The molecule has 0 amide bonds. The highest BCUT2D eigenvalue weighted by Crippen LogP contribution is 2.34. The van der Waals surface area contributed by atoms with Gasteiger partial charge >= 0.3 is 11.9 Å². The smallest absolute Gasteiger partial charge is 0.355 e. The van der Waals surface area contributed by atoms with Crippen LogP contribution in [-0.2, 0) is 22.6 Å². The van der Waals surface area contributed by atoms with Gasteiger partial charge in [0.25, 0.3) is 0 Å². The number of aromatic amines is 2. The number of hydrogen-bond donors (Lipinski definition) is 2. The van der Waals surface area contributed by atoms with Gasteiger partial charge in [-0.1, -0.05) is 0 Å². The average molecular weight is 537 g/mol. The van der Waals surface area contributed by atoms with Crippen LogP contribution in [0.3, 0.4) is 0 Å². The summed E-state index contributed by atoms with van der Waals surface area (Å²) in [6, 6.07) is 11.5. The molecule has 2 N–H and O–H groups in total. The molecule has 208 valence electrons. The first-order valence-corrected chi connectivity index (χ1v) is 13.2. The van der Waals surface area contributed by atoms with Crippen molar-refractivity contribution in [3.8, 4) is 11.5 Å². The monoisotopic (exact) mass is 536 g/mol. The molecule has 0 radical (unpaired) electrons. The van der Waals surface area contributed by atoms with Gasteiger partial charge in [0, 0.05) is 32.9 Å². The van der Waals surface area contributed by atoms with Gasteiger partial charge in [-0.25, -0.2) is 9.59 Å². The Hall–Kier alpha value is -3.82. The zero-order valence-corrected chi connectivity index (χ0v) is 24.2. The van der Waals surface area contributed by atoms with Gasteiger partial charge in [0.05, 0.1) is 55.5 Å². The van der Waals surface area contributed by atoms with E-state index in [4.69, 9.17) is 14.2 Å². The minimum atomic E-state index is -0.361. The second-order valence-electron chi connectivity index (χ2n) is 11.8. The van der Waals surface area contributed by atoms with Crippen molar-refractivity contribution in [2.75, 3.05) is 55.5 Å². The molecule has 39 heavy (non-hydrogen) atoms. The molecule has 2 aromatic heterocycles. The largest absolute Gasteiger partial charge is 0.461 e. The van der Waals surface area contributed by atoms with Crippen LogP contribution in [0, 0.1) is 0 Å². The topological polar surface area (TPSA) is 93.4 Å². The van der Waals surface area contributed by atoms with Crippen LogP contribution in [0.15, 0.2) is 36.4 Å². The van der Waals surface area contributed by atoms with E-state index >= 15 is 0 Å².